The van der Waals surface area contributed by atoms with Crippen molar-refractivity contribution in [3.63, 3.8) is 0 Å². The van der Waals surface area contributed by atoms with E-state index < -0.39 is 0 Å². The smallest absolute Gasteiger partial charge is 0.254 e. The summed E-state index contributed by atoms with van der Waals surface area (Å²) in [6.07, 6.45) is 3.45. The standard InChI is InChI=1S/C19H15Cl2N3O/c20-17-9-16(10-18(21)23-17)19(25)24(12-14-5-2-1-3-6-14)13-15-7-4-8-22-11-15/h1-11H,12-13H2. The van der Waals surface area contributed by atoms with E-state index >= 15 is 0 Å². The summed E-state index contributed by atoms with van der Waals surface area (Å²) in [6, 6.07) is 16.6. The van der Waals surface area contributed by atoms with Crippen molar-refractivity contribution in [2.24, 2.45) is 0 Å². The van der Waals surface area contributed by atoms with Gasteiger partial charge in [-0.05, 0) is 29.3 Å². The van der Waals surface area contributed by atoms with Crippen LogP contribution in [0.4, 0.5) is 0 Å². The van der Waals surface area contributed by atoms with E-state index in [1.54, 1.807) is 17.3 Å². The first-order valence-electron chi connectivity index (χ1n) is 7.67. The maximum Gasteiger partial charge on any atom is 0.254 e. The van der Waals surface area contributed by atoms with Gasteiger partial charge in [-0.2, -0.15) is 0 Å². The summed E-state index contributed by atoms with van der Waals surface area (Å²) in [7, 11) is 0. The molecule has 0 radical (unpaired) electrons. The number of rotatable bonds is 5. The molecule has 3 rings (SSSR count). The van der Waals surface area contributed by atoms with Gasteiger partial charge in [0.15, 0.2) is 0 Å². The van der Waals surface area contributed by atoms with Crippen molar-refractivity contribution in [3.05, 3.63) is 94.0 Å². The minimum Gasteiger partial charge on any atom is -0.330 e. The Kier molecular flexibility index (Phi) is 5.64. The van der Waals surface area contributed by atoms with Crippen LogP contribution in [0, 0.1) is 0 Å². The monoisotopic (exact) mass is 371 g/mol. The molecule has 0 aliphatic rings. The van der Waals surface area contributed by atoms with E-state index in [-0.39, 0.29) is 16.2 Å². The van der Waals surface area contributed by atoms with Crippen molar-refractivity contribution in [2.75, 3.05) is 0 Å². The van der Waals surface area contributed by atoms with Gasteiger partial charge in [0.1, 0.15) is 10.3 Å². The van der Waals surface area contributed by atoms with Gasteiger partial charge in [0.05, 0.1) is 0 Å². The molecule has 4 nitrogen and oxygen atoms in total. The number of carbonyl (C=O) groups is 1. The van der Waals surface area contributed by atoms with Crippen LogP contribution >= 0.6 is 23.2 Å². The van der Waals surface area contributed by atoms with Crippen molar-refractivity contribution < 1.29 is 4.79 Å². The first-order chi connectivity index (χ1) is 12.1. The van der Waals surface area contributed by atoms with E-state index in [1.807, 2.05) is 42.5 Å². The Morgan fingerprint density at radius 3 is 2.20 bits per heavy atom. The van der Waals surface area contributed by atoms with Crippen LogP contribution < -0.4 is 0 Å². The van der Waals surface area contributed by atoms with Crippen molar-refractivity contribution in [3.8, 4) is 0 Å². The molecule has 0 fully saturated rings. The first kappa shape index (κ1) is 17.4. The minimum absolute atomic E-state index is 0.168. The molecule has 6 heteroatoms. The fourth-order valence-electron chi connectivity index (χ4n) is 2.49. The highest BCUT2D eigenvalue weighted by atomic mass is 35.5. The lowest BCUT2D eigenvalue weighted by Crippen LogP contribution is -2.30. The predicted octanol–water partition coefficient (Wildman–Crippen LogP) is 4.63. The van der Waals surface area contributed by atoms with Gasteiger partial charge in [-0.3, -0.25) is 9.78 Å². The lowest BCUT2D eigenvalue weighted by Gasteiger charge is -2.23. The topological polar surface area (TPSA) is 46.1 Å². The van der Waals surface area contributed by atoms with Gasteiger partial charge < -0.3 is 4.90 Å². The molecule has 0 spiro atoms. The van der Waals surface area contributed by atoms with Gasteiger partial charge in [0.25, 0.3) is 5.91 Å². The largest absolute Gasteiger partial charge is 0.330 e. The molecule has 0 saturated heterocycles. The fraction of sp³-hybridized carbons (Fsp3) is 0.105. The first-order valence-corrected chi connectivity index (χ1v) is 8.42. The van der Waals surface area contributed by atoms with Gasteiger partial charge in [-0.1, -0.05) is 59.6 Å². The molecule has 126 valence electrons. The number of hydrogen-bond acceptors (Lipinski definition) is 3. The summed E-state index contributed by atoms with van der Waals surface area (Å²) in [4.78, 5) is 22.8. The molecule has 0 aliphatic heterocycles. The van der Waals surface area contributed by atoms with Crippen LogP contribution in [-0.4, -0.2) is 20.8 Å². The molecule has 2 heterocycles. The third-order valence-electron chi connectivity index (χ3n) is 3.61. The minimum atomic E-state index is -0.168. The normalized spacial score (nSPS) is 10.5. The van der Waals surface area contributed by atoms with Gasteiger partial charge in [-0.15, -0.1) is 0 Å². The lowest BCUT2D eigenvalue weighted by atomic mass is 10.1. The number of halogens is 2. The van der Waals surface area contributed by atoms with Gasteiger partial charge >= 0.3 is 0 Å². The van der Waals surface area contributed by atoms with Crippen LogP contribution in [-0.2, 0) is 13.1 Å². The third kappa shape index (κ3) is 4.78. The second-order valence-electron chi connectivity index (χ2n) is 5.51. The molecular weight excluding hydrogens is 357 g/mol. The van der Waals surface area contributed by atoms with Crippen molar-refractivity contribution in [1.29, 1.82) is 0 Å². The zero-order valence-corrected chi connectivity index (χ0v) is 14.8. The number of benzene rings is 1. The summed E-state index contributed by atoms with van der Waals surface area (Å²) in [5, 5.41) is 0.383. The highest BCUT2D eigenvalue weighted by molar-refractivity contribution is 6.33. The zero-order valence-electron chi connectivity index (χ0n) is 13.3. The van der Waals surface area contributed by atoms with Crippen LogP contribution in [0.3, 0.4) is 0 Å². The molecule has 1 aromatic carbocycles. The number of pyridine rings is 2. The van der Waals surface area contributed by atoms with E-state index in [9.17, 15) is 4.79 Å². The Hall–Kier alpha value is -2.43. The van der Waals surface area contributed by atoms with E-state index in [0.29, 0.717) is 18.7 Å². The summed E-state index contributed by atoms with van der Waals surface area (Å²) < 4.78 is 0. The number of carbonyl (C=O) groups excluding carboxylic acids is 1. The van der Waals surface area contributed by atoms with Crippen LogP contribution in [0.2, 0.25) is 10.3 Å². The molecule has 0 aliphatic carbocycles. The molecule has 2 aromatic heterocycles. The molecule has 0 unspecified atom stereocenters. The van der Waals surface area contributed by atoms with Gasteiger partial charge in [-0.25, -0.2) is 4.98 Å². The average molecular weight is 372 g/mol. The Morgan fingerprint density at radius 1 is 0.920 bits per heavy atom. The van der Waals surface area contributed by atoms with Crippen molar-refractivity contribution in [2.45, 2.75) is 13.1 Å². The molecule has 0 saturated carbocycles. The maximum absolute atomic E-state index is 13.0. The molecule has 0 bridgehead atoms. The highest BCUT2D eigenvalue weighted by Gasteiger charge is 2.18. The molecule has 0 N–H and O–H groups in total. The predicted molar refractivity (Wildman–Crippen MR) is 98.5 cm³/mol. The van der Waals surface area contributed by atoms with Crippen LogP contribution in [0.1, 0.15) is 21.5 Å². The van der Waals surface area contributed by atoms with Crippen molar-refractivity contribution >= 4 is 29.1 Å². The summed E-state index contributed by atoms with van der Waals surface area (Å²) in [5.41, 5.74) is 2.38. The molecule has 3 aromatic rings. The lowest BCUT2D eigenvalue weighted by molar-refractivity contribution is 0.0729. The summed E-state index contributed by atoms with van der Waals surface area (Å²) >= 11 is 11.9. The second-order valence-corrected chi connectivity index (χ2v) is 6.28. The Labute approximate surface area is 156 Å². The summed E-state index contributed by atoms with van der Waals surface area (Å²) in [6.45, 7) is 0.894. The van der Waals surface area contributed by atoms with Crippen LogP contribution in [0.15, 0.2) is 67.0 Å². The van der Waals surface area contributed by atoms with Crippen LogP contribution in [0.5, 0.6) is 0 Å². The summed E-state index contributed by atoms with van der Waals surface area (Å²) in [5.74, 6) is -0.168. The van der Waals surface area contributed by atoms with Crippen molar-refractivity contribution in [1.82, 2.24) is 14.9 Å². The van der Waals surface area contributed by atoms with E-state index in [2.05, 4.69) is 9.97 Å². The number of hydrogen-bond donors (Lipinski definition) is 0. The Bertz CT molecular complexity index is 795. The molecule has 0 atom stereocenters. The number of nitrogens with zero attached hydrogens (tertiary/aromatic N) is 3. The zero-order chi connectivity index (χ0) is 17.6. The van der Waals surface area contributed by atoms with Gasteiger partial charge in [0.2, 0.25) is 0 Å². The average Bonchev–Trinajstić information content (AvgIpc) is 2.61. The Balaban J connectivity index is 1.90. The number of amides is 1. The van der Waals surface area contributed by atoms with Crippen LogP contribution in [0.25, 0.3) is 0 Å². The fourth-order valence-corrected chi connectivity index (χ4v) is 2.95. The second kappa shape index (κ2) is 8.10. The number of aromatic nitrogens is 2. The highest BCUT2D eigenvalue weighted by Crippen LogP contribution is 2.19. The van der Waals surface area contributed by atoms with Gasteiger partial charge in [0, 0.05) is 31.0 Å². The molecule has 25 heavy (non-hydrogen) atoms. The SMILES string of the molecule is O=C(c1cc(Cl)nc(Cl)c1)N(Cc1ccccc1)Cc1cccnc1. The van der Waals surface area contributed by atoms with E-state index in [0.717, 1.165) is 11.1 Å². The van der Waals surface area contributed by atoms with E-state index in [1.165, 1.54) is 12.1 Å². The Morgan fingerprint density at radius 2 is 1.56 bits per heavy atom. The van der Waals surface area contributed by atoms with E-state index in [4.69, 9.17) is 23.2 Å². The maximum atomic E-state index is 13.0. The molecule has 1 amide bonds. The third-order valence-corrected chi connectivity index (χ3v) is 4.00. The quantitative estimate of drug-likeness (QED) is 0.614. The molecular formula is C19H15Cl2N3O.